The zero-order chi connectivity index (χ0) is 14.2. The normalized spacial score (nSPS) is 11.2. The molecular formula is C10H10N6O2S. The van der Waals surface area contributed by atoms with Crippen molar-refractivity contribution in [2.75, 3.05) is 5.73 Å². The number of hydrogen-bond donors (Lipinski definition) is 2. The molecule has 2 aromatic rings. The van der Waals surface area contributed by atoms with E-state index in [0.717, 1.165) is 0 Å². The van der Waals surface area contributed by atoms with E-state index in [4.69, 9.17) is 16.1 Å². The lowest BCUT2D eigenvalue weighted by molar-refractivity contribution is 0.597. The molecule has 0 atom stereocenters. The number of nitriles is 1. The van der Waals surface area contributed by atoms with Gasteiger partial charge >= 0.3 is 0 Å². The van der Waals surface area contributed by atoms with Crippen LogP contribution in [0.3, 0.4) is 0 Å². The van der Waals surface area contributed by atoms with Gasteiger partial charge in [0.25, 0.3) is 5.82 Å². The Bertz CT molecular complexity index is 787. The van der Waals surface area contributed by atoms with Crippen LogP contribution in [0, 0.1) is 18.3 Å². The van der Waals surface area contributed by atoms with Gasteiger partial charge in [0.1, 0.15) is 12.4 Å². The molecule has 0 aliphatic rings. The third-order valence-electron chi connectivity index (χ3n) is 2.50. The number of sulfonamides is 1. The summed E-state index contributed by atoms with van der Waals surface area (Å²) in [5, 5.41) is 17.7. The van der Waals surface area contributed by atoms with Crippen molar-refractivity contribution in [3.63, 3.8) is 0 Å². The van der Waals surface area contributed by atoms with E-state index in [2.05, 4.69) is 10.1 Å². The van der Waals surface area contributed by atoms with Crippen LogP contribution in [0.2, 0.25) is 0 Å². The van der Waals surface area contributed by atoms with E-state index in [0.29, 0.717) is 11.3 Å². The number of nitrogen functional groups attached to an aromatic ring is 1. The molecule has 4 N–H and O–H groups in total. The summed E-state index contributed by atoms with van der Waals surface area (Å²) in [6, 6.07) is 4.58. The number of rotatable bonds is 2. The Morgan fingerprint density at radius 3 is 2.63 bits per heavy atom. The van der Waals surface area contributed by atoms with Crippen LogP contribution in [0.25, 0.3) is 5.69 Å². The van der Waals surface area contributed by atoms with Crippen LogP contribution in [-0.4, -0.2) is 23.2 Å². The summed E-state index contributed by atoms with van der Waals surface area (Å²) < 4.78 is 24.2. The average molecular weight is 278 g/mol. The van der Waals surface area contributed by atoms with E-state index in [9.17, 15) is 8.42 Å². The Morgan fingerprint density at radius 2 is 2.11 bits per heavy atom. The summed E-state index contributed by atoms with van der Waals surface area (Å²) in [6.45, 7) is 1.57. The Kier molecular flexibility index (Phi) is 2.97. The lowest BCUT2D eigenvalue weighted by Crippen LogP contribution is -2.15. The van der Waals surface area contributed by atoms with Crippen LogP contribution in [-0.2, 0) is 10.0 Å². The van der Waals surface area contributed by atoms with E-state index in [-0.39, 0.29) is 16.4 Å². The van der Waals surface area contributed by atoms with Crippen LogP contribution in [0.1, 0.15) is 11.4 Å². The van der Waals surface area contributed by atoms with E-state index in [1.807, 2.05) is 0 Å². The zero-order valence-corrected chi connectivity index (χ0v) is 10.7. The van der Waals surface area contributed by atoms with Crippen molar-refractivity contribution in [2.24, 2.45) is 5.14 Å². The van der Waals surface area contributed by atoms with Crippen LogP contribution in [0.5, 0.6) is 0 Å². The molecule has 1 aromatic carbocycles. The summed E-state index contributed by atoms with van der Waals surface area (Å²) in [4.78, 5) is 3.66. The van der Waals surface area contributed by atoms with Crippen molar-refractivity contribution in [3.8, 4) is 11.8 Å². The van der Waals surface area contributed by atoms with Gasteiger partial charge in [-0.15, -0.1) is 5.10 Å². The molecular weight excluding hydrogens is 268 g/mol. The van der Waals surface area contributed by atoms with Gasteiger partial charge in [0.15, 0.2) is 0 Å². The summed E-state index contributed by atoms with van der Waals surface area (Å²) in [5.41, 5.74) is 6.66. The SMILES string of the molecule is Cc1c(-n2cnc(C#N)n2)cc(N)cc1S(N)(=O)=O. The number of benzene rings is 1. The molecule has 0 spiro atoms. The molecule has 0 unspecified atom stereocenters. The molecule has 0 aliphatic heterocycles. The number of nitrogens with zero attached hydrogens (tertiary/aromatic N) is 4. The number of aromatic nitrogens is 3. The molecule has 2 rings (SSSR count). The Hall–Kier alpha value is -2.44. The van der Waals surface area contributed by atoms with Gasteiger partial charge in [-0.25, -0.2) is 23.2 Å². The number of primary sulfonamides is 1. The Morgan fingerprint density at radius 1 is 1.42 bits per heavy atom. The first kappa shape index (κ1) is 13.0. The molecule has 0 radical (unpaired) electrons. The van der Waals surface area contributed by atoms with Crippen LogP contribution >= 0.6 is 0 Å². The first-order chi connectivity index (χ1) is 8.82. The molecule has 1 heterocycles. The molecule has 19 heavy (non-hydrogen) atoms. The standard InChI is InChI=1S/C10H10N6O2S/c1-6-8(16-5-14-10(4-11)15-16)2-7(12)3-9(6)19(13,17)18/h2-3,5H,12H2,1H3,(H2,13,17,18). The highest BCUT2D eigenvalue weighted by Gasteiger charge is 2.17. The molecule has 0 fully saturated rings. The molecule has 0 bridgehead atoms. The van der Waals surface area contributed by atoms with Crippen molar-refractivity contribution in [1.82, 2.24) is 14.8 Å². The van der Waals surface area contributed by atoms with Crippen molar-refractivity contribution in [1.29, 1.82) is 5.26 Å². The van der Waals surface area contributed by atoms with Crippen molar-refractivity contribution in [2.45, 2.75) is 11.8 Å². The van der Waals surface area contributed by atoms with Gasteiger partial charge in [0.2, 0.25) is 10.0 Å². The van der Waals surface area contributed by atoms with Crippen LogP contribution < -0.4 is 10.9 Å². The molecule has 0 aliphatic carbocycles. The highest BCUT2D eigenvalue weighted by atomic mass is 32.2. The first-order valence-electron chi connectivity index (χ1n) is 5.08. The van der Waals surface area contributed by atoms with E-state index < -0.39 is 10.0 Å². The molecule has 0 saturated carbocycles. The maximum atomic E-state index is 11.5. The molecule has 0 amide bonds. The monoisotopic (exact) mass is 278 g/mol. The fourth-order valence-electron chi connectivity index (χ4n) is 1.66. The lowest BCUT2D eigenvalue weighted by Gasteiger charge is -2.10. The number of nitrogens with two attached hydrogens (primary N) is 2. The second-order valence-electron chi connectivity index (χ2n) is 3.83. The maximum absolute atomic E-state index is 11.5. The Labute approximate surface area is 109 Å². The van der Waals surface area contributed by atoms with E-state index in [1.165, 1.54) is 23.1 Å². The third kappa shape index (κ3) is 2.40. The minimum absolute atomic E-state index is 0.0287. The molecule has 1 aromatic heterocycles. The van der Waals surface area contributed by atoms with E-state index >= 15 is 0 Å². The zero-order valence-electron chi connectivity index (χ0n) is 9.90. The van der Waals surface area contributed by atoms with E-state index in [1.54, 1.807) is 13.0 Å². The van der Waals surface area contributed by atoms with Crippen molar-refractivity contribution in [3.05, 3.63) is 29.8 Å². The fraction of sp³-hybridized carbons (Fsp3) is 0.100. The number of anilines is 1. The van der Waals surface area contributed by atoms with Gasteiger partial charge < -0.3 is 5.73 Å². The molecule has 98 valence electrons. The summed E-state index contributed by atoms with van der Waals surface area (Å²) in [6.07, 6.45) is 1.30. The van der Waals surface area contributed by atoms with Crippen molar-refractivity contribution < 1.29 is 8.42 Å². The second kappa shape index (κ2) is 4.34. The third-order valence-corrected chi connectivity index (χ3v) is 3.54. The lowest BCUT2D eigenvalue weighted by atomic mass is 10.2. The van der Waals surface area contributed by atoms with Gasteiger partial charge in [-0.2, -0.15) is 5.26 Å². The minimum atomic E-state index is -3.89. The summed E-state index contributed by atoms with van der Waals surface area (Å²) >= 11 is 0. The topological polar surface area (TPSA) is 141 Å². The first-order valence-corrected chi connectivity index (χ1v) is 6.62. The van der Waals surface area contributed by atoms with Gasteiger partial charge in [-0.05, 0) is 24.6 Å². The van der Waals surface area contributed by atoms with Crippen molar-refractivity contribution >= 4 is 15.7 Å². The van der Waals surface area contributed by atoms with Gasteiger partial charge in [-0.1, -0.05) is 0 Å². The molecule has 9 heteroatoms. The van der Waals surface area contributed by atoms with Crippen LogP contribution in [0.15, 0.2) is 23.4 Å². The van der Waals surface area contributed by atoms with Gasteiger partial charge in [-0.3, -0.25) is 0 Å². The molecule has 8 nitrogen and oxygen atoms in total. The predicted molar refractivity (Wildman–Crippen MR) is 66.6 cm³/mol. The Balaban J connectivity index is 2.72. The minimum Gasteiger partial charge on any atom is -0.399 e. The number of hydrogen-bond acceptors (Lipinski definition) is 6. The summed E-state index contributed by atoms with van der Waals surface area (Å²) in [7, 11) is -3.89. The smallest absolute Gasteiger partial charge is 0.252 e. The largest absolute Gasteiger partial charge is 0.399 e. The van der Waals surface area contributed by atoms with Gasteiger partial charge in [0, 0.05) is 5.69 Å². The van der Waals surface area contributed by atoms with Crippen LogP contribution in [0.4, 0.5) is 5.69 Å². The highest BCUT2D eigenvalue weighted by molar-refractivity contribution is 7.89. The van der Waals surface area contributed by atoms with Gasteiger partial charge in [0.05, 0.1) is 10.6 Å². The molecule has 0 saturated heterocycles. The maximum Gasteiger partial charge on any atom is 0.252 e. The quantitative estimate of drug-likeness (QED) is 0.721. The predicted octanol–water partition coefficient (Wildman–Crippen LogP) is -0.323. The fourth-order valence-corrected chi connectivity index (χ4v) is 2.49. The summed E-state index contributed by atoms with van der Waals surface area (Å²) in [5.74, 6) is -0.0287. The second-order valence-corrected chi connectivity index (χ2v) is 5.36. The average Bonchev–Trinajstić information content (AvgIpc) is 2.78. The highest BCUT2D eigenvalue weighted by Crippen LogP contribution is 2.24.